The molecule has 0 radical (unpaired) electrons. The van der Waals surface area contributed by atoms with Gasteiger partial charge in [-0.15, -0.1) is 0 Å². The van der Waals surface area contributed by atoms with E-state index in [-0.39, 0.29) is 0 Å². The third-order valence-corrected chi connectivity index (χ3v) is 4.38. The summed E-state index contributed by atoms with van der Waals surface area (Å²) in [4.78, 5) is 2.64. The maximum Gasteiger partial charge on any atom is 0.0135 e. The van der Waals surface area contributed by atoms with E-state index in [0.717, 1.165) is 24.5 Å². The van der Waals surface area contributed by atoms with Gasteiger partial charge in [0.2, 0.25) is 0 Å². The Morgan fingerprint density at radius 3 is 2.62 bits per heavy atom. The molecular weight excluding hydrogens is 196 g/mol. The molecule has 1 rings (SSSR count). The van der Waals surface area contributed by atoms with Crippen molar-refractivity contribution >= 4 is 0 Å². The summed E-state index contributed by atoms with van der Waals surface area (Å²) in [5, 5.41) is 0. The predicted octanol–water partition coefficient (Wildman–Crippen LogP) is 3.01. The first-order chi connectivity index (χ1) is 7.74. The minimum absolute atomic E-state index is 0.751. The van der Waals surface area contributed by atoms with Gasteiger partial charge in [-0.25, -0.2) is 0 Å². The van der Waals surface area contributed by atoms with Crippen LogP contribution in [0.4, 0.5) is 0 Å². The zero-order valence-electron chi connectivity index (χ0n) is 11.4. The molecule has 0 saturated heterocycles. The molecule has 2 nitrogen and oxygen atoms in total. The molecule has 1 aliphatic carbocycles. The highest BCUT2D eigenvalue weighted by Gasteiger charge is 2.31. The van der Waals surface area contributed by atoms with Crippen LogP contribution < -0.4 is 5.73 Å². The van der Waals surface area contributed by atoms with E-state index < -0.39 is 0 Å². The first kappa shape index (κ1) is 14.0. The molecule has 96 valence electrons. The van der Waals surface area contributed by atoms with E-state index in [1.807, 2.05) is 0 Å². The molecule has 0 aliphatic heterocycles. The Morgan fingerprint density at radius 1 is 1.31 bits per heavy atom. The Morgan fingerprint density at radius 2 is 2.06 bits per heavy atom. The topological polar surface area (TPSA) is 29.3 Å². The molecule has 0 aromatic rings. The van der Waals surface area contributed by atoms with Gasteiger partial charge in [-0.05, 0) is 45.2 Å². The van der Waals surface area contributed by atoms with Crippen LogP contribution in [-0.2, 0) is 0 Å². The highest BCUT2D eigenvalue weighted by atomic mass is 15.2. The minimum Gasteiger partial charge on any atom is -0.330 e. The summed E-state index contributed by atoms with van der Waals surface area (Å²) in [7, 11) is 2.32. The molecule has 16 heavy (non-hydrogen) atoms. The van der Waals surface area contributed by atoms with Crippen LogP contribution in [-0.4, -0.2) is 30.6 Å². The quantitative estimate of drug-likeness (QED) is 0.723. The lowest BCUT2D eigenvalue weighted by Gasteiger charge is -2.35. The van der Waals surface area contributed by atoms with Gasteiger partial charge in [-0.1, -0.05) is 33.1 Å². The average molecular weight is 226 g/mol. The fraction of sp³-hybridized carbons (Fsp3) is 1.00. The number of hydrogen-bond acceptors (Lipinski definition) is 2. The Labute approximate surface area is 102 Å². The van der Waals surface area contributed by atoms with Crippen LogP contribution in [0, 0.1) is 5.92 Å². The first-order valence-electron chi connectivity index (χ1n) is 7.16. The molecule has 0 aromatic heterocycles. The van der Waals surface area contributed by atoms with Gasteiger partial charge in [0.1, 0.15) is 0 Å². The molecule has 2 N–H and O–H groups in total. The average Bonchev–Trinajstić information content (AvgIpc) is 2.77. The summed E-state index contributed by atoms with van der Waals surface area (Å²) < 4.78 is 0. The summed E-state index contributed by atoms with van der Waals surface area (Å²) in [5.41, 5.74) is 5.88. The fourth-order valence-corrected chi connectivity index (χ4v) is 3.23. The molecule has 2 heteroatoms. The van der Waals surface area contributed by atoms with Gasteiger partial charge in [0.25, 0.3) is 0 Å². The normalized spacial score (nSPS) is 27.6. The standard InChI is InChI=1S/C14H30N2/c1-4-6-9-13(5-2)16(3)14-10-7-8-12(14)11-15/h12-14H,4-11,15H2,1-3H3. The number of nitrogens with zero attached hydrogens (tertiary/aromatic N) is 1. The summed E-state index contributed by atoms with van der Waals surface area (Å²) in [5.74, 6) is 0.751. The molecule has 1 fully saturated rings. The highest BCUT2D eigenvalue weighted by molar-refractivity contribution is 4.87. The molecular formula is C14H30N2. The lowest BCUT2D eigenvalue weighted by molar-refractivity contribution is 0.130. The first-order valence-corrected chi connectivity index (χ1v) is 7.16. The minimum atomic E-state index is 0.751. The van der Waals surface area contributed by atoms with E-state index in [1.165, 1.54) is 44.9 Å². The van der Waals surface area contributed by atoms with E-state index in [9.17, 15) is 0 Å². The van der Waals surface area contributed by atoms with Crippen LogP contribution in [0.2, 0.25) is 0 Å². The molecule has 0 heterocycles. The van der Waals surface area contributed by atoms with Crippen molar-refractivity contribution in [3.8, 4) is 0 Å². The largest absolute Gasteiger partial charge is 0.330 e. The van der Waals surface area contributed by atoms with Crippen molar-refractivity contribution in [3.63, 3.8) is 0 Å². The summed E-state index contributed by atoms with van der Waals surface area (Å²) in [6.07, 6.45) is 9.40. The van der Waals surface area contributed by atoms with E-state index >= 15 is 0 Å². The maximum atomic E-state index is 5.88. The molecule has 1 saturated carbocycles. The maximum absolute atomic E-state index is 5.88. The number of rotatable bonds is 7. The Bertz CT molecular complexity index is 182. The Hall–Kier alpha value is -0.0800. The van der Waals surface area contributed by atoms with Crippen molar-refractivity contribution in [2.45, 2.75) is 70.9 Å². The van der Waals surface area contributed by atoms with Crippen LogP contribution in [0.1, 0.15) is 58.8 Å². The number of hydrogen-bond donors (Lipinski definition) is 1. The van der Waals surface area contributed by atoms with Crippen molar-refractivity contribution in [2.24, 2.45) is 11.7 Å². The van der Waals surface area contributed by atoms with Crippen LogP contribution in [0.25, 0.3) is 0 Å². The van der Waals surface area contributed by atoms with Gasteiger partial charge in [-0.2, -0.15) is 0 Å². The van der Waals surface area contributed by atoms with Crippen LogP contribution >= 0.6 is 0 Å². The Balaban J connectivity index is 2.48. The smallest absolute Gasteiger partial charge is 0.0135 e. The van der Waals surface area contributed by atoms with Gasteiger partial charge >= 0.3 is 0 Å². The Kier molecular flexibility index (Phi) is 6.37. The molecule has 0 spiro atoms. The lowest BCUT2D eigenvalue weighted by Crippen LogP contribution is -2.43. The van der Waals surface area contributed by atoms with E-state index in [0.29, 0.717) is 0 Å². The van der Waals surface area contributed by atoms with E-state index in [2.05, 4.69) is 25.8 Å². The summed E-state index contributed by atoms with van der Waals surface area (Å²) in [6.45, 7) is 5.48. The molecule has 3 unspecified atom stereocenters. The van der Waals surface area contributed by atoms with E-state index in [1.54, 1.807) is 0 Å². The highest BCUT2D eigenvalue weighted by Crippen LogP contribution is 2.30. The number of unbranched alkanes of at least 4 members (excludes halogenated alkanes) is 1. The predicted molar refractivity (Wildman–Crippen MR) is 71.6 cm³/mol. The van der Waals surface area contributed by atoms with Crippen molar-refractivity contribution in [1.82, 2.24) is 4.90 Å². The van der Waals surface area contributed by atoms with Crippen molar-refractivity contribution in [3.05, 3.63) is 0 Å². The second-order valence-electron chi connectivity index (χ2n) is 5.36. The van der Waals surface area contributed by atoms with Crippen LogP contribution in [0.5, 0.6) is 0 Å². The third kappa shape index (κ3) is 3.46. The van der Waals surface area contributed by atoms with Crippen molar-refractivity contribution in [2.75, 3.05) is 13.6 Å². The molecule has 1 aliphatic rings. The fourth-order valence-electron chi connectivity index (χ4n) is 3.23. The summed E-state index contributed by atoms with van der Waals surface area (Å²) in [6, 6.07) is 1.53. The molecule has 0 aromatic carbocycles. The van der Waals surface area contributed by atoms with Gasteiger partial charge in [0, 0.05) is 12.1 Å². The van der Waals surface area contributed by atoms with Crippen molar-refractivity contribution < 1.29 is 0 Å². The monoisotopic (exact) mass is 226 g/mol. The second kappa shape index (κ2) is 7.29. The van der Waals surface area contributed by atoms with E-state index in [4.69, 9.17) is 5.73 Å². The lowest BCUT2D eigenvalue weighted by atomic mass is 9.98. The number of nitrogens with two attached hydrogens (primary N) is 1. The molecule has 0 bridgehead atoms. The van der Waals surface area contributed by atoms with Gasteiger partial charge in [0.05, 0.1) is 0 Å². The zero-order valence-corrected chi connectivity index (χ0v) is 11.4. The van der Waals surface area contributed by atoms with Gasteiger partial charge < -0.3 is 10.6 Å². The van der Waals surface area contributed by atoms with Gasteiger partial charge in [-0.3, -0.25) is 0 Å². The van der Waals surface area contributed by atoms with Crippen LogP contribution in [0.15, 0.2) is 0 Å². The summed E-state index contributed by atoms with van der Waals surface area (Å²) >= 11 is 0. The third-order valence-electron chi connectivity index (χ3n) is 4.38. The second-order valence-corrected chi connectivity index (χ2v) is 5.36. The van der Waals surface area contributed by atoms with Crippen LogP contribution in [0.3, 0.4) is 0 Å². The molecule has 0 amide bonds. The zero-order chi connectivity index (χ0) is 12.0. The molecule has 3 atom stereocenters. The van der Waals surface area contributed by atoms with Gasteiger partial charge in [0.15, 0.2) is 0 Å². The SMILES string of the molecule is CCCCC(CC)N(C)C1CCCC1CN. The van der Waals surface area contributed by atoms with Crippen molar-refractivity contribution in [1.29, 1.82) is 0 Å².